The van der Waals surface area contributed by atoms with Gasteiger partial charge in [0.2, 0.25) is 5.75 Å². The lowest BCUT2D eigenvalue weighted by Gasteiger charge is -2.13. The minimum atomic E-state index is -0.513. The number of hydrogen-bond acceptors (Lipinski definition) is 8. The fraction of sp³-hybridized carbons (Fsp3) is 0.267. The van der Waals surface area contributed by atoms with Crippen LogP contribution < -0.4 is 19.5 Å². The molecular weight excluding hydrogens is 336 g/mol. The number of esters is 1. The molecular formula is C15H16N2O6S. The van der Waals surface area contributed by atoms with E-state index in [1.54, 1.807) is 0 Å². The highest BCUT2D eigenvalue weighted by atomic mass is 32.1. The molecule has 1 aromatic carbocycles. The number of carbonyl (C=O) groups excluding carboxylic acids is 2. The molecule has 0 aliphatic heterocycles. The van der Waals surface area contributed by atoms with E-state index in [-0.39, 0.29) is 10.0 Å². The van der Waals surface area contributed by atoms with Crippen LogP contribution in [0.2, 0.25) is 0 Å². The van der Waals surface area contributed by atoms with E-state index in [1.165, 1.54) is 46.8 Å². The molecule has 1 N–H and O–H groups in total. The van der Waals surface area contributed by atoms with Gasteiger partial charge in [-0.2, -0.15) is 0 Å². The summed E-state index contributed by atoms with van der Waals surface area (Å²) in [6.45, 7) is 0. The Balaban J connectivity index is 2.26. The summed E-state index contributed by atoms with van der Waals surface area (Å²) in [7, 11) is 5.67. The summed E-state index contributed by atoms with van der Waals surface area (Å²) in [6, 6.07) is 3.04. The Labute approximate surface area is 142 Å². The van der Waals surface area contributed by atoms with Crippen LogP contribution in [0, 0.1) is 0 Å². The van der Waals surface area contributed by atoms with Crippen molar-refractivity contribution < 1.29 is 28.5 Å². The van der Waals surface area contributed by atoms with E-state index in [1.807, 2.05) is 0 Å². The SMILES string of the molecule is COC(=O)c1cnc(NC(=O)c2cc(OC)c(OC)c(OC)c2)s1. The maximum absolute atomic E-state index is 12.4. The average molecular weight is 352 g/mol. The van der Waals surface area contributed by atoms with Crippen LogP contribution in [0.15, 0.2) is 18.3 Å². The number of anilines is 1. The molecule has 0 saturated heterocycles. The van der Waals surface area contributed by atoms with E-state index < -0.39 is 11.9 Å². The third-order valence-corrected chi connectivity index (χ3v) is 3.93. The van der Waals surface area contributed by atoms with Gasteiger partial charge in [0.1, 0.15) is 4.88 Å². The second-order valence-corrected chi connectivity index (χ2v) is 5.42. The van der Waals surface area contributed by atoms with Gasteiger partial charge >= 0.3 is 5.97 Å². The standard InChI is InChI=1S/C15H16N2O6S/c1-20-9-5-8(6-10(21-2)12(9)22-3)13(18)17-15-16-7-11(24-15)14(19)23-4/h5-7H,1-4H3,(H,16,17,18). The van der Waals surface area contributed by atoms with Crippen molar-refractivity contribution in [3.8, 4) is 17.2 Å². The predicted molar refractivity (Wildman–Crippen MR) is 87.5 cm³/mol. The van der Waals surface area contributed by atoms with Gasteiger partial charge in [-0.3, -0.25) is 10.1 Å². The van der Waals surface area contributed by atoms with Crippen molar-refractivity contribution in [1.29, 1.82) is 0 Å². The highest BCUT2D eigenvalue weighted by Crippen LogP contribution is 2.38. The number of nitrogens with zero attached hydrogens (tertiary/aromatic N) is 1. The summed E-state index contributed by atoms with van der Waals surface area (Å²) < 4.78 is 20.2. The van der Waals surface area contributed by atoms with Gasteiger partial charge in [0.15, 0.2) is 16.6 Å². The molecule has 0 unspecified atom stereocenters. The van der Waals surface area contributed by atoms with Gasteiger partial charge in [0.25, 0.3) is 5.91 Å². The molecule has 0 saturated carbocycles. The lowest BCUT2D eigenvalue weighted by Crippen LogP contribution is -2.12. The fourth-order valence-corrected chi connectivity index (χ4v) is 2.64. The monoisotopic (exact) mass is 352 g/mol. The second-order valence-electron chi connectivity index (χ2n) is 4.39. The molecule has 0 bridgehead atoms. The maximum Gasteiger partial charge on any atom is 0.349 e. The zero-order chi connectivity index (χ0) is 17.7. The first-order chi connectivity index (χ1) is 11.5. The number of amides is 1. The van der Waals surface area contributed by atoms with Gasteiger partial charge in [-0.05, 0) is 12.1 Å². The van der Waals surface area contributed by atoms with Gasteiger partial charge in [-0.15, -0.1) is 0 Å². The molecule has 2 aromatic rings. The van der Waals surface area contributed by atoms with Gasteiger partial charge in [-0.25, -0.2) is 9.78 Å². The number of carbonyl (C=O) groups is 2. The zero-order valence-corrected chi connectivity index (χ0v) is 14.4. The van der Waals surface area contributed by atoms with Gasteiger partial charge < -0.3 is 18.9 Å². The first-order valence-corrected chi connectivity index (χ1v) is 7.51. The number of methoxy groups -OCH3 is 4. The normalized spacial score (nSPS) is 10.0. The highest BCUT2D eigenvalue weighted by Gasteiger charge is 2.18. The van der Waals surface area contributed by atoms with E-state index in [2.05, 4.69) is 15.0 Å². The molecule has 2 rings (SSSR count). The van der Waals surface area contributed by atoms with Gasteiger partial charge in [0.05, 0.1) is 34.6 Å². The molecule has 0 aliphatic carbocycles. The molecule has 9 heteroatoms. The van der Waals surface area contributed by atoms with Crippen LogP contribution in [0.1, 0.15) is 20.0 Å². The van der Waals surface area contributed by atoms with E-state index in [9.17, 15) is 9.59 Å². The smallest absolute Gasteiger partial charge is 0.349 e. The summed E-state index contributed by atoms with van der Waals surface area (Å²) >= 11 is 1.01. The number of rotatable bonds is 6. The largest absolute Gasteiger partial charge is 0.493 e. The van der Waals surface area contributed by atoms with Crippen LogP contribution in [0.3, 0.4) is 0 Å². The Hall–Kier alpha value is -2.81. The second kappa shape index (κ2) is 7.64. The number of aromatic nitrogens is 1. The maximum atomic E-state index is 12.4. The van der Waals surface area contributed by atoms with Crippen LogP contribution in [0.5, 0.6) is 17.2 Å². The molecule has 8 nitrogen and oxygen atoms in total. The number of nitrogens with one attached hydrogen (secondary N) is 1. The molecule has 0 fully saturated rings. The van der Waals surface area contributed by atoms with Crippen molar-refractivity contribution in [2.24, 2.45) is 0 Å². The summed E-state index contributed by atoms with van der Waals surface area (Å²) in [6.07, 6.45) is 1.33. The quantitative estimate of drug-likeness (QED) is 0.796. The van der Waals surface area contributed by atoms with Crippen LogP contribution in [-0.2, 0) is 4.74 Å². The van der Waals surface area contributed by atoms with E-state index >= 15 is 0 Å². The molecule has 24 heavy (non-hydrogen) atoms. The third-order valence-electron chi connectivity index (χ3n) is 3.04. The summed E-state index contributed by atoms with van der Waals surface area (Å²) in [5.74, 6) is 0.160. The Kier molecular flexibility index (Phi) is 5.59. The van der Waals surface area contributed by atoms with Crippen molar-refractivity contribution in [2.75, 3.05) is 33.8 Å². The van der Waals surface area contributed by atoms with Crippen LogP contribution in [0.25, 0.3) is 0 Å². The summed E-state index contributed by atoms with van der Waals surface area (Å²) in [5.41, 5.74) is 0.291. The fourth-order valence-electron chi connectivity index (χ4n) is 1.91. The van der Waals surface area contributed by atoms with Crippen LogP contribution >= 0.6 is 11.3 Å². The lowest BCUT2D eigenvalue weighted by atomic mass is 10.1. The molecule has 128 valence electrons. The molecule has 0 spiro atoms. The van der Waals surface area contributed by atoms with Crippen molar-refractivity contribution in [2.45, 2.75) is 0 Å². The molecule has 1 amide bonds. The summed E-state index contributed by atoms with van der Waals surface area (Å²) in [5, 5.41) is 2.88. The van der Waals surface area contributed by atoms with Crippen LogP contribution in [-0.4, -0.2) is 45.3 Å². The van der Waals surface area contributed by atoms with Gasteiger partial charge in [0, 0.05) is 5.56 Å². The highest BCUT2D eigenvalue weighted by molar-refractivity contribution is 7.17. The topological polar surface area (TPSA) is 96.0 Å². The van der Waals surface area contributed by atoms with Crippen molar-refractivity contribution in [3.63, 3.8) is 0 Å². The number of ether oxygens (including phenoxy) is 4. The minimum absolute atomic E-state index is 0.272. The molecule has 0 aliphatic rings. The van der Waals surface area contributed by atoms with Crippen molar-refractivity contribution in [3.05, 3.63) is 28.8 Å². The Morgan fingerprint density at radius 3 is 2.17 bits per heavy atom. The number of benzene rings is 1. The molecule has 0 radical (unpaired) electrons. The van der Waals surface area contributed by atoms with E-state index in [0.717, 1.165) is 11.3 Å². The van der Waals surface area contributed by atoms with Crippen molar-refractivity contribution >= 4 is 28.3 Å². The number of thiazole rings is 1. The van der Waals surface area contributed by atoms with Gasteiger partial charge in [-0.1, -0.05) is 11.3 Å². The van der Waals surface area contributed by atoms with Crippen LogP contribution in [0.4, 0.5) is 5.13 Å². The first kappa shape index (κ1) is 17.5. The molecule has 0 atom stereocenters. The lowest BCUT2D eigenvalue weighted by molar-refractivity contribution is 0.0606. The predicted octanol–water partition coefficient (Wildman–Crippen LogP) is 2.21. The van der Waals surface area contributed by atoms with E-state index in [4.69, 9.17) is 14.2 Å². The Bertz CT molecular complexity index is 733. The zero-order valence-electron chi connectivity index (χ0n) is 13.5. The Morgan fingerprint density at radius 2 is 1.67 bits per heavy atom. The third kappa shape index (κ3) is 3.57. The Morgan fingerprint density at radius 1 is 1.04 bits per heavy atom. The minimum Gasteiger partial charge on any atom is -0.493 e. The average Bonchev–Trinajstić information content (AvgIpc) is 3.07. The molecule has 1 heterocycles. The number of hydrogen-bond donors (Lipinski definition) is 1. The van der Waals surface area contributed by atoms with Crippen molar-refractivity contribution in [1.82, 2.24) is 4.98 Å². The van der Waals surface area contributed by atoms with E-state index in [0.29, 0.717) is 22.8 Å². The first-order valence-electron chi connectivity index (χ1n) is 6.69. The summed E-state index contributed by atoms with van der Waals surface area (Å²) in [4.78, 5) is 28.1. The molecule has 1 aromatic heterocycles.